The average Bonchev–Trinajstić information content (AvgIpc) is 2.52. The molecule has 1 aliphatic heterocycles. The van der Waals surface area contributed by atoms with Crippen molar-refractivity contribution in [2.24, 2.45) is 0 Å². The molecule has 1 aliphatic rings. The third kappa shape index (κ3) is 2.65. The molecule has 1 aromatic carbocycles. The van der Waals surface area contributed by atoms with E-state index in [9.17, 15) is 0 Å². The summed E-state index contributed by atoms with van der Waals surface area (Å²) in [5.74, 6) is 1.71. The van der Waals surface area contributed by atoms with Crippen LogP contribution < -0.4 is 9.47 Å². The summed E-state index contributed by atoms with van der Waals surface area (Å²) in [4.78, 5) is 0. The molecule has 13 heavy (non-hydrogen) atoms. The van der Waals surface area contributed by atoms with E-state index in [1.54, 1.807) is 0 Å². The molecule has 72 valence electrons. The van der Waals surface area contributed by atoms with Gasteiger partial charge in [0.2, 0.25) is 6.79 Å². The van der Waals surface area contributed by atoms with Gasteiger partial charge >= 0.3 is 0 Å². The molecule has 0 saturated carbocycles. The Morgan fingerprint density at radius 3 is 2.46 bits per heavy atom. The molecule has 0 amide bonds. The lowest BCUT2D eigenvalue weighted by molar-refractivity contribution is 0.174. The molecule has 0 N–H and O–H groups in total. The highest BCUT2D eigenvalue weighted by molar-refractivity contribution is 5.43. The summed E-state index contributed by atoms with van der Waals surface area (Å²) < 4.78 is 10.3. The molecular formula is C11H16O2. The summed E-state index contributed by atoms with van der Waals surface area (Å²) in [5.41, 5.74) is 1.20. The lowest BCUT2D eigenvalue weighted by atomic mass is 10.2. The van der Waals surface area contributed by atoms with Crippen LogP contribution in [-0.4, -0.2) is 6.79 Å². The molecule has 0 aromatic heterocycles. The van der Waals surface area contributed by atoms with Crippen LogP contribution in [0.4, 0.5) is 0 Å². The summed E-state index contributed by atoms with van der Waals surface area (Å²) in [6.45, 7) is 6.64. The summed E-state index contributed by atoms with van der Waals surface area (Å²) in [5, 5.41) is 0. The first-order valence-electron chi connectivity index (χ1n) is 4.64. The molecule has 2 nitrogen and oxygen atoms in total. The zero-order chi connectivity index (χ0) is 9.68. The van der Waals surface area contributed by atoms with Gasteiger partial charge in [0.15, 0.2) is 11.5 Å². The van der Waals surface area contributed by atoms with Crippen LogP contribution in [0.3, 0.4) is 0 Å². The molecule has 0 bridgehead atoms. The van der Waals surface area contributed by atoms with Crippen LogP contribution in [0.15, 0.2) is 18.2 Å². The monoisotopic (exact) mass is 180 g/mol. The maximum Gasteiger partial charge on any atom is 0.231 e. The fraction of sp³-hybridized carbons (Fsp3) is 0.455. The van der Waals surface area contributed by atoms with Crippen LogP contribution in [0.1, 0.15) is 25.8 Å². The Labute approximate surface area is 79.5 Å². The normalized spacial score (nSPS) is 11.9. The quantitative estimate of drug-likeness (QED) is 0.610. The number of aryl methyl sites for hydroxylation is 1. The van der Waals surface area contributed by atoms with Crippen LogP contribution in [0.5, 0.6) is 11.5 Å². The standard InChI is InChI=1S/C8H8O2.C3H8/c1-6-2-3-7-8(4-6)10-5-9-7;1-3-2/h2-4H,5H2,1H3;3H2,1-2H3. The third-order valence-electron chi connectivity index (χ3n) is 1.53. The number of benzene rings is 1. The molecule has 1 aromatic rings. The minimum atomic E-state index is 0.360. The molecule has 0 fully saturated rings. The fourth-order valence-electron chi connectivity index (χ4n) is 1.00. The number of rotatable bonds is 0. The molecule has 0 spiro atoms. The molecule has 0 atom stereocenters. The van der Waals surface area contributed by atoms with Gasteiger partial charge in [-0.05, 0) is 24.6 Å². The van der Waals surface area contributed by atoms with E-state index in [0.717, 1.165) is 11.5 Å². The number of ether oxygens (including phenoxy) is 2. The van der Waals surface area contributed by atoms with Crippen molar-refractivity contribution >= 4 is 0 Å². The molecule has 2 heteroatoms. The Balaban J connectivity index is 0.000000251. The van der Waals surface area contributed by atoms with Gasteiger partial charge in [0.25, 0.3) is 0 Å². The van der Waals surface area contributed by atoms with Crippen LogP contribution in [0, 0.1) is 6.92 Å². The lowest BCUT2D eigenvalue weighted by Crippen LogP contribution is -1.92. The van der Waals surface area contributed by atoms with Crippen LogP contribution >= 0.6 is 0 Å². The highest BCUT2D eigenvalue weighted by atomic mass is 16.7. The minimum absolute atomic E-state index is 0.360. The van der Waals surface area contributed by atoms with Crippen molar-refractivity contribution in [3.8, 4) is 11.5 Å². The van der Waals surface area contributed by atoms with Crippen molar-refractivity contribution in [3.05, 3.63) is 23.8 Å². The minimum Gasteiger partial charge on any atom is -0.454 e. The van der Waals surface area contributed by atoms with Gasteiger partial charge in [-0.15, -0.1) is 0 Å². The maximum atomic E-state index is 5.16. The van der Waals surface area contributed by atoms with E-state index >= 15 is 0 Å². The van der Waals surface area contributed by atoms with E-state index in [4.69, 9.17) is 9.47 Å². The zero-order valence-corrected chi connectivity index (χ0v) is 8.46. The zero-order valence-electron chi connectivity index (χ0n) is 8.46. The van der Waals surface area contributed by atoms with E-state index in [1.165, 1.54) is 12.0 Å². The van der Waals surface area contributed by atoms with Gasteiger partial charge in [0, 0.05) is 0 Å². The number of fused-ring (bicyclic) bond motifs is 1. The molecule has 0 unspecified atom stereocenters. The molecule has 0 radical (unpaired) electrons. The van der Waals surface area contributed by atoms with Crippen LogP contribution in [0.2, 0.25) is 0 Å². The van der Waals surface area contributed by atoms with Gasteiger partial charge < -0.3 is 9.47 Å². The summed E-state index contributed by atoms with van der Waals surface area (Å²) >= 11 is 0. The Hall–Kier alpha value is -1.18. The Bertz CT molecular complexity index is 269. The molecular weight excluding hydrogens is 164 g/mol. The molecule has 0 aliphatic carbocycles. The van der Waals surface area contributed by atoms with Gasteiger partial charge in [-0.2, -0.15) is 0 Å². The largest absolute Gasteiger partial charge is 0.454 e. The molecule has 1 heterocycles. The van der Waals surface area contributed by atoms with Gasteiger partial charge in [0.05, 0.1) is 0 Å². The summed E-state index contributed by atoms with van der Waals surface area (Å²) in [6.07, 6.45) is 1.25. The Morgan fingerprint density at radius 1 is 1.15 bits per heavy atom. The van der Waals surface area contributed by atoms with Crippen molar-refractivity contribution in [1.29, 1.82) is 0 Å². The van der Waals surface area contributed by atoms with Crippen LogP contribution in [0.25, 0.3) is 0 Å². The van der Waals surface area contributed by atoms with Crippen molar-refractivity contribution in [1.82, 2.24) is 0 Å². The average molecular weight is 180 g/mol. The lowest BCUT2D eigenvalue weighted by Gasteiger charge is -1.94. The Morgan fingerprint density at radius 2 is 1.77 bits per heavy atom. The SMILES string of the molecule is CCC.Cc1ccc2c(c1)OCO2. The first-order chi connectivity index (χ1) is 6.27. The van der Waals surface area contributed by atoms with Crippen molar-refractivity contribution < 1.29 is 9.47 Å². The van der Waals surface area contributed by atoms with Crippen molar-refractivity contribution in [2.45, 2.75) is 27.2 Å². The summed E-state index contributed by atoms with van der Waals surface area (Å²) in [6, 6.07) is 5.91. The predicted octanol–water partition coefficient (Wildman–Crippen LogP) is 3.14. The van der Waals surface area contributed by atoms with E-state index < -0.39 is 0 Å². The number of hydrogen-bond donors (Lipinski definition) is 0. The van der Waals surface area contributed by atoms with Gasteiger partial charge in [0.1, 0.15) is 0 Å². The van der Waals surface area contributed by atoms with Crippen molar-refractivity contribution in [3.63, 3.8) is 0 Å². The topological polar surface area (TPSA) is 18.5 Å². The smallest absolute Gasteiger partial charge is 0.231 e. The van der Waals surface area contributed by atoms with E-state index in [1.807, 2.05) is 25.1 Å². The molecule has 0 saturated heterocycles. The van der Waals surface area contributed by atoms with Gasteiger partial charge in [-0.1, -0.05) is 26.3 Å². The second kappa shape index (κ2) is 4.75. The highest BCUT2D eigenvalue weighted by Crippen LogP contribution is 2.31. The third-order valence-corrected chi connectivity index (χ3v) is 1.53. The Kier molecular flexibility index (Phi) is 3.62. The van der Waals surface area contributed by atoms with Gasteiger partial charge in [-0.25, -0.2) is 0 Å². The number of hydrogen-bond acceptors (Lipinski definition) is 2. The van der Waals surface area contributed by atoms with E-state index in [-0.39, 0.29) is 0 Å². The second-order valence-electron chi connectivity index (χ2n) is 3.06. The first kappa shape index (κ1) is 9.90. The first-order valence-corrected chi connectivity index (χ1v) is 4.64. The maximum absolute atomic E-state index is 5.16. The second-order valence-corrected chi connectivity index (χ2v) is 3.06. The van der Waals surface area contributed by atoms with E-state index in [2.05, 4.69) is 13.8 Å². The highest BCUT2D eigenvalue weighted by Gasteiger charge is 2.11. The molecule has 2 rings (SSSR count). The summed E-state index contributed by atoms with van der Waals surface area (Å²) in [7, 11) is 0. The van der Waals surface area contributed by atoms with Crippen LogP contribution in [-0.2, 0) is 0 Å². The van der Waals surface area contributed by atoms with Gasteiger partial charge in [-0.3, -0.25) is 0 Å². The fourth-order valence-corrected chi connectivity index (χ4v) is 1.00. The van der Waals surface area contributed by atoms with E-state index in [0.29, 0.717) is 6.79 Å². The predicted molar refractivity (Wildman–Crippen MR) is 53.3 cm³/mol. The van der Waals surface area contributed by atoms with Crippen molar-refractivity contribution in [2.75, 3.05) is 6.79 Å².